The van der Waals surface area contributed by atoms with Crippen LogP contribution in [0.4, 0.5) is 8.78 Å². The molecule has 0 spiro atoms. The Kier molecular flexibility index (Phi) is 5.23. The van der Waals surface area contributed by atoms with Crippen LogP contribution in [0.5, 0.6) is 0 Å². The largest absolute Gasteiger partial charge is 0.329 e. The monoisotopic (exact) mass is 296 g/mol. The summed E-state index contributed by atoms with van der Waals surface area (Å²) in [6.07, 6.45) is 0.905. The van der Waals surface area contributed by atoms with Gasteiger partial charge in [0.15, 0.2) is 0 Å². The van der Waals surface area contributed by atoms with E-state index in [0.717, 1.165) is 19.0 Å². The van der Waals surface area contributed by atoms with Crippen LogP contribution in [0.2, 0.25) is 0 Å². The van der Waals surface area contributed by atoms with Gasteiger partial charge in [-0.1, -0.05) is 6.07 Å². The highest BCUT2D eigenvalue weighted by atomic mass is 32.1. The third-order valence-corrected chi connectivity index (χ3v) is 4.25. The number of nitrogens with two attached hydrogens (primary N) is 1. The lowest BCUT2D eigenvalue weighted by atomic mass is 10.0. The van der Waals surface area contributed by atoms with Gasteiger partial charge in [0.25, 0.3) is 0 Å². The average molecular weight is 296 g/mol. The Morgan fingerprint density at radius 1 is 1.25 bits per heavy atom. The van der Waals surface area contributed by atoms with Crippen LogP contribution >= 0.6 is 11.3 Å². The van der Waals surface area contributed by atoms with Crippen LogP contribution < -0.4 is 5.73 Å². The average Bonchev–Trinajstić information content (AvgIpc) is 2.89. The normalized spacial score (nSPS) is 12.8. The molecule has 108 valence electrons. The Morgan fingerprint density at radius 3 is 2.50 bits per heavy atom. The maximum atomic E-state index is 13.3. The van der Waals surface area contributed by atoms with Gasteiger partial charge in [0, 0.05) is 30.1 Å². The molecule has 20 heavy (non-hydrogen) atoms. The number of benzene rings is 1. The Hall–Kier alpha value is -1.30. The molecule has 1 atom stereocenters. The molecule has 0 radical (unpaired) electrons. The van der Waals surface area contributed by atoms with E-state index in [1.807, 2.05) is 23.4 Å². The molecule has 2 nitrogen and oxygen atoms in total. The van der Waals surface area contributed by atoms with Crippen molar-refractivity contribution in [2.75, 3.05) is 20.1 Å². The third kappa shape index (κ3) is 3.85. The number of nitrogens with zero attached hydrogens (tertiary/aromatic N) is 1. The van der Waals surface area contributed by atoms with E-state index in [4.69, 9.17) is 5.73 Å². The number of thiophene rings is 1. The summed E-state index contributed by atoms with van der Waals surface area (Å²) in [5, 5.41) is 2.04. The van der Waals surface area contributed by atoms with Gasteiger partial charge < -0.3 is 5.73 Å². The summed E-state index contributed by atoms with van der Waals surface area (Å²) >= 11 is 1.71. The minimum Gasteiger partial charge on any atom is -0.329 e. The lowest BCUT2D eigenvalue weighted by Gasteiger charge is -2.27. The molecule has 0 aliphatic rings. The smallest absolute Gasteiger partial charge is 0.126 e. The van der Waals surface area contributed by atoms with E-state index < -0.39 is 11.6 Å². The molecule has 1 heterocycles. The summed E-state index contributed by atoms with van der Waals surface area (Å²) in [5.74, 6) is -1.13. The number of likely N-dealkylation sites (N-methyl/N-ethyl adjacent to an activating group) is 1. The first kappa shape index (κ1) is 15.1. The molecule has 2 aromatic rings. The first-order valence-electron chi connectivity index (χ1n) is 6.49. The number of hydrogen-bond acceptors (Lipinski definition) is 3. The topological polar surface area (TPSA) is 29.3 Å². The molecule has 5 heteroatoms. The van der Waals surface area contributed by atoms with Crippen molar-refractivity contribution in [2.24, 2.45) is 5.73 Å². The molecule has 0 saturated carbocycles. The molecule has 0 aliphatic heterocycles. The van der Waals surface area contributed by atoms with Crippen molar-refractivity contribution >= 4 is 11.3 Å². The van der Waals surface area contributed by atoms with E-state index in [2.05, 4.69) is 6.07 Å². The first-order valence-corrected chi connectivity index (χ1v) is 7.37. The molecule has 0 fully saturated rings. The van der Waals surface area contributed by atoms with Crippen molar-refractivity contribution in [2.45, 2.75) is 12.5 Å². The predicted octanol–water partition coefficient (Wildman–Crippen LogP) is 3.20. The highest BCUT2D eigenvalue weighted by Gasteiger charge is 2.17. The standard InChI is InChI=1S/C15H18F2N2S/c1-19(5-4-14-3-2-6-20-14)15(10-18)11-7-12(16)9-13(17)8-11/h2-3,6-9,15H,4-5,10,18H2,1H3. The van der Waals surface area contributed by atoms with Crippen molar-refractivity contribution in [3.05, 3.63) is 57.8 Å². The summed E-state index contributed by atoms with van der Waals surface area (Å²) in [4.78, 5) is 3.33. The minimum absolute atomic E-state index is 0.180. The van der Waals surface area contributed by atoms with Gasteiger partial charge in [0.2, 0.25) is 0 Å². The lowest BCUT2D eigenvalue weighted by molar-refractivity contribution is 0.252. The van der Waals surface area contributed by atoms with Gasteiger partial charge in [0.1, 0.15) is 11.6 Å². The van der Waals surface area contributed by atoms with Gasteiger partial charge in [-0.05, 0) is 42.6 Å². The van der Waals surface area contributed by atoms with Crippen molar-refractivity contribution in [1.29, 1.82) is 0 Å². The fourth-order valence-corrected chi connectivity index (χ4v) is 2.93. The van der Waals surface area contributed by atoms with Crippen LogP contribution in [0.3, 0.4) is 0 Å². The van der Waals surface area contributed by atoms with E-state index in [1.165, 1.54) is 17.0 Å². The summed E-state index contributed by atoms with van der Waals surface area (Å²) in [7, 11) is 1.92. The van der Waals surface area contributed by atoms with Crippen molar-refractivity contribution < 1.29 is 8.78 Å². The molecule has 0 aliphatic carbocycles. The van der Waals surface area contributed by atoms with Crippen molar-refractivity contribution in [3.63, 3.8) is 0 Å². The second kappa shape index (κ2) is 6.92. The molecule has 1 aromatic heterocycles. The number of halogens is 2. The van der Waals surface area contributed by atoms with Crippen LogP contribution in [0.25, 0.3) is 0 Å². The van der Waals surface area contributed by atoms with Crippen molar-refractivity contribution in [1.82, 2.24) is 4.90 Å². The van der Waals surface area contributed by atoms with Crippen molar-refractivity contribution in [3.8, 4) is 0 Å². The maximum absolute atomic E-state index is 13.3. The van der Waals surface area contributed by atoms with Crippen LogP contribution in [0.1, 0.15) is 16.5 Å². The zero-order valence-corrected chi connectivity index (χ0v) is 12.2. The lowest BCUT2D eigenvalue weighted by Crippen LogP contribution is -2.32. The molecule has 2 N–H and O–H groups in total. The third-order valence-electron chi connectivity index (χ3n) is 3.32. The zero-order chi connectivity index (χ0) is 14.5. The minimum atomic E-state index is -0.565. The van der Waals surface area contributed by atoms with Crippen LogP contribution in [-0.4, -0.2) is 25.0 Å². The van der Waals surface area contributed by atoms with Crippen LogP contribution in [0, 0.1) is 11.6 Å². The highest BCUT2D eigenvalue weighted by Crippen LogP contribution is 2.21. The SMILES string of the molecule is CN(CCc1cccs1)C(CN)c1cc(F)cc(F)c1. The Labute approximate surface area is 121 Å². The first-order chi connectivity index (χ1) is 9.60. The zero-order valence-electron chi connectivity index (χ0n) is 11.4. The van der Waals surface area contributed by atoms with E-state index in [-0.39, 0.29) is 6.04 Å². The fourth-order valence-electron chi connectivity index (χ4n) is 2.24. The Balaban J connectivity index is 2.06. The van der Waals surface area contributed by atoms with Gasteiger partial charge in [-0.3, -0.25) is 4.90 Å². The van der Waals surface area contributed by atoms with Crippen LogP contribution in [0.15, 0.2) is 35.7 Å². The Bertz CT molecular complexity index is 523. The second-order valence-corrected chi connectivity index (χ2v) is 5.80. The Morgan fingerprint density at radius 2 is 1.95 bits per heavy atom. The van der Waals surface area contributed by atoms with E-state index in [0.29, 0.717) is 12.1 Å². The molecule has 0 saturated heterocycles. The fraction of sp³-hybridized carbons (Fsp3) is 0.333. The molecule has 2 rings (SSSR count). The van der Waals surface area contributed by atoms with E-state index >= 15 is 0 Å². The van der Waals surface area contributed by atoms with E-state index in [1.54, 1.807) is 11.3 Å². The molecule has 0 amide bonds. The van der Waals surface area contributed by atoms with Gasteiger partial charge in [0.05, 0.1) is 0 Å². The number of hydrogen-bond donors (Lipinski definition) is 1. The predicted molar refractivity (Wildman–Crippen MR) is 78.8 cm³/mol. The van der Waals surface area contributed by atoms with Gasteiger partial charge >= 0.3 is 0 Å². The number of rotatable bonds is 6. The molecule has 0 bridgehead atoms. The van der Waals surface area contributed by atoms with Crippen LogP contribution in [-0.2, 0) is 6.42 Å². The summed E-state index contributed by atoms with van der Waals surface area (Å²) in [5.41, 5.74) is 6.35. The quantitative estimate of drug-likeness (QED) is 0.887. The van der Waals surface area contributed by atoms with E-state index in [9.17, 15) is 8.78 Å². The highest BCUT2D eigenvalue weighted by molar-refractivity contribution is 7.09. The van der Waals surface area contributed by atoms with Gasteiger partial charge in [-0.2, -0.15) is 0 Å². The summed E-state index contributed by atoms with van der Waals surface area (Å²) in [6.45, 7) is 1.12. The van der Waals surface area contributed by atoms with Gasteiger partial charge in [-0.25, -0.2) is 8.78 Å². The molecule has 1 aromatic carbocycles. The summed E-state index contributed by atoms with van der Waals surface area (Å²) in [6, 6.07) is 7.49. The second-order valence-electron chi connectivity index (χ2n) is 4.76. The molecule has 1 unspecified atom stereocenters. The van der Waals surface area contributed by atoms with Gasteiger partial charge in [-0.15, -0.1) is 11.3 Å². The molecular weight excluding hydrogens is 278 g/mol. The summed E-state index contributed by atoms with van der Waals surface area (Å²) < 4.78 is 26.6. The molecular formula is C15H18F2N2S. The maximum Gasteiger partial charge on any atom is 0.126 e.